The summed E-state index contributed by atoms with van der Waals surface area (Å²) in [6, 6.07) is 0. The molecule has 3 atom stereocenters. The monoisotopic (exact) mass is 297 g/mol. The van der Waals surface area contributed by atoms with Gasteiger partial charge in [0, 0.05) is 12.0 Å². The highest BCUT2D eigenvalue weighted by Crippen LogP contribution is 2.43. The Labute approximate surface area is 132 Å². The Morgan fingerprint density at radius 1 is 1.10 bits per heavy atom. The summed E-state index contributed by atoms with van der Waals surface area (Å²) in [7, 11) is 0. The van der Waals surface area contributed by atoms with Gasteiger partial charge in [0.25, 0.3) is 0 Å². The van der Waals surface area contributed by atoms with E-state index in [4.69, 9.17) is 5.73 Å². The van der Waals surface area contributed by atoms with Crippen LogP contribution in [0.3, 0.4) is 0 Å². The van der Waals surface area contributed by atoms with Crippen molar-refractivity contribution in [3.63, 3.8) is 0 Å². The number of aliphatic hydroxyl groups excluding tert-OH is 1. The summed E-state index contributed by atoms with van der Waals surface area (Å²) in [6.07, 6.45) is 16.1. The molecule has 0 aromatic heterocycles. The quantitative estimate of drug-likeness (QED) is 0.525. The summed E-state index contributed by atoms with van der Waals surface area (Å²) >= 11 is 0. The van der Waals surface area contributed by atoms with Crippen LogP contribution < -0.4 is 5.73 Å². The van der Waals surface area contributed by atoms with Crippen LogP contribution in [0.5, 0.6) is 0 Å². The molecular formula is C19H39NO. The van der Waals surface area contributed by atoms with Crippen molar-refractivity contribution in [3.8, 4) is 0 Å². The smallest absolute Gasteiger partial charge is 0.0608 e. The van der Waals surface area contributed by atoms with Gasteiger partial charge >= 0.3 is 0 Å². The second-order valence-corrected chi connectivity index (χ2v) is 7.36. The lowest BCUT2D eigenvalue weighted by Gasteiger charge is -2.43. The normalized spacial score (nSPS) is 27.7. The number of aliphatic hydroxyl groups is 1. The molecule has 0 bridgehead atoms. The first-order chi connectivity index (χ1) is 10.2. The van der Waals surface area contributed by atoms with Crippen LogP contribution in [-0.2, 0) is 0 Å². The maximum atomic E-state index is 10.7. The van der Waals surface area contributed by atoms with Gasteiger partial charge in [0.15, 0.2) is 0 Å². The molecule has 0 radical (unpaired) electrons. The minimum Gasteiger partial charge on any atom is -0.393 e. The van der Waals surface area contributed by atoms with E-state index in [0.717, 1.165) is 25.2 Å². The van der Waals surface area contributed by atoms with E-state index < -0.39 is 0 Å². The standard InChI is InChI=1S/C19H39NO/c1-3-5-6-7-8-9-10-13-18(21)19(16-20)14-11-12-17(4-2)15-19/h17-18,21H,3-16,20H2,1-2H3. The summed E-state index contributed by atoms with van der Waals surface area (Å²) in [6.45, 7) is 5.21. The first-order valence-electron chi connectivity index (χ1n) is 9.56. The largest absolute Gasteiger partial charge is 0.393 e. The summed E-state index contributed by atoms with van der Waals surface area (Å²) in [4.78, 5) is 0. The maximum absolute atomic E-state index is 10.7. The number of hydrogen-bond acceptors (Lipinski definition) is 2. The predicted octanol–water partition coefficient (Wildman–Crippen LogP) is 5.03. The molecule has 0 spiro atoms. The average Bonchev–Trinajstić information content (AvgIpc) is 2.53. The van der Waals surface area contributed by atoms with Gasteiger partial charge in [0.05, 0.1) is 6.10 Å². The third kappa shape index (κ3) is 6.28. The zero-order valence-corrected chi connectivity index (χ0v) is 14.6. The number of rotatable bonds is 11. The molecule has 126 valence electrons. The Bertz CT molecular complexity index is 256. The van der Waals surface area contributed by atoms with Crippen LogP contribution in [0.15, 0.2) is 0 Å². The molecular weight excluding hydrogens is 258 g/mol. The molecule has 1 aliphatic carbocycles. The molecule has 21 heavy (non-hydrogen) atoms. The van der Waals surface area contributed by atoms with Crippen LogP contribution in [-0.4, -0.2) is 17.8 Å². The van der Waals surface area contributed by atoms with E-state index in [9.17, 15) is 5.11 Å². The fraction of sp³-hybridized carbons (Fsp3) is 1.00. The molecule has 0 heterocycles. The highest BCUT2D eigenvalue weighted by molar-refractivity contribution is 4.92. The van der Waals surface area contributed by atoms with Gasteiger partial charge in [-0.05, 0) is 25.2 Å². The topological polar surface area (TPSA) is 46.2 Å². The van der Waals surface area contributed by atoms with Crippen molar-refractivity contribution in [3.05, 3.63) is 0 Å². The molecule has 2 nitrogen and oxygen atoms in total. The summed E-state index contributed by atoms with van der Waals surface area (Å²) < 4.78 is 0. The van der Waals surface area contributed by atoms with Crippen molar-refractivity contribution in [2.24, 2.45) is 17.1 Å². The molecule has 3 unspecified atom stereocenters. The second kappa shape index (κ2) is 10.6. The molecule has 2 heteroatoms. The number of nitrogens with two attached hydrogens (primary N) is 1. The number of unbranched alkanes of at least 4 members (excludes halogenated alkanes) is 6. The van der Waals surface area contributed by atoms with E-state index in [0.29, 0.717) is 6.54 Å². The van der Waals surface area contributed by atoms with Crippen LogP contribution >= 0.6 is 0 Å². The van der Waals surface area contributed by atoms with Gasteiger partial charge in [-0.25, -0.2) is 0 Å². The lowest BCUT2D eigenvalue weighted by molar-refractivity contribution is -0.0202. The van der Waals surface area contributed by atoms with Crippen molar-refractivity contribution in [1.29, 1.82) is 0 Å². The van der Waals surface area contributed by atoms with Gasteiger partial charge in [-0.1, -0.05) is 78.1 Å². The minimum atomic E-state index is -0.174. The summed E-state index contributed by atoms with van der Waals surface area (Å²) in [5, 5.41) is 10.7. The molecule has 0 aromatic carbocycles. The molecule has 0 saturated heterocycles. The SMILES string of the molecule is CCCCCCCCCC(O)C1(CN)CCCC(CC)C1. The Morgan fingerprint density at radius 2 is 1.76 bits per heavy atom. The third-order valence-electron chi connectivity index (χ3n) is 5.75. The lowest BCUT2D eigenvalue weighted by Crippen LogP contribution is -2.45. The van der Waals surface area contributed by atoms with E-state index in [1.807, 2.05) is 0 Å². The molecule has 1 saturated carbocycles. The van der Waals surface area contributed by atoms with Gasteiger partial charge in [-0.15, -0.1) is 0 Å². The molecule has 1 aliphatic rings. The zero-order chi connectivity index (χ0) is 15.6. The fourth-order valence-electron chi connectivity index (χ4n) is 4.10. The zero-order valence-electron chi connectivity index (χ0n) is 14.6. The average molecular weight is 298 g/mol. The highest BCUT2D eigenvalue weighted by Gasteiger charge is 2.40. The van der Waals surface area contributed by atoms with Crippen LogP contribution in [0.4, 0.5) is 0 Å². The van der Waals surface area contributed by atoms with Crippen molar-refractivity contribution in [2.45, 2.75) is 103 Å². The molecule has 3 N–H and O–H groups in total. The van der Waals surface area contributed by atoms with Crippen molar-refractivity contribution < 1.29 is 5.11 Å². The van der Waals surface area contributed by atoms with Gasteiger partial charge in [0.2, 0.25) is 0 Å². The predicted molar refractivity (Wildman–Crippen MR) is 92.4 cm³/mol. The van der Waals surface area contributed by atoms with E-state index in [2.05, 4.69) is 13.8 Å². The Balaban J connectivity index is 2.26. The number of hydrogen-bond donors (Lipinski definition) is 2. The summed E-state index contributed by atoms with van der Waals surface area (Å²) in [5.41, 5.74) is 6.11. The van der Waals surface area contributed by atoms with Gasteiger partial charge in [-0.3, -0.25) is 0 Å². The first kappa shape index (κ1) is 19.0. The van der Waals surface area contributed by atoms with E-state index in [1.54, 1.807) is 0 Å². The highest BCUT2D eigenvalue weighted by atomic mass is 16.3. The van der Waals surface area contributed by atoms with Crippen LogP contribution in [0.25, 0.3) is 0 Å². The molecule has 1 rings (SSSR count). The fourth-order valence-corrected chi connectivity index (χ4v) is 4.10. The molecule has 0 amide bonds. The van der Waals surface area contributed by atoms with Crippen LogP contribution in [0, 0.1) is 11.3 Å². The maximum Gasteiger partial charge on any atom is 0.0608 e. The van der Waals surface area contributed by atoms with Crippen molar-refractivity contribution in [1.82, 2.24) is 0 Å². The second-order valence-electron chi connectivity index (χ2n) is 7.36. The van der Waals surface area contributed by atoms with E-state index in [1.165, 1.54) is 64.2 Å². The minimum absolute atomic E-state index is 0.0289. The molecule has 0 aliphatic heterocycles. The molecule has 1 fully saturated rings. The molecule has 0 aromatic rings. The lowest BCUT2D eigenvalue weighted by atomic mass is 9.65. The Kier molecular flexibility index (Phi) is 9.59. The Hall–Kier alpha value is -0.0800. The van der Waals surface area contributed by atoms with Gasteiger partial charge in [0.1, 0.15) is 0 Å². The first-order valence-corrected chi connectivity index (χ1v) is 9.56. The summed E-state index contributed by atoms with van der Waals surface area (Å²) in [5.74, 6) is 0.783. The van der Waals surface area contributed by atoms with Crippen molar-refractivity contribution >= 4 is 0 Å². The van der Waals surface area contributed by atoms with E-state index in [-0.39, 0.29) is 11.5 Å². The third-order valence-corrected chi connectivity index (χ3v) is 5.75. The Morgan fingerprint density at radius 3 is 2.38 bits per heavy atom. The van der Waals surface area contributed by atoms with Gasteiger partial charge in [-0.2, -0.15) is 0 Å². The van der Waals surface area contributed by atoms with E-state index >= 15 is 0 Å². The van der Waals surface area contributed by atoms with Crippen molar-refractivity contribution in [2.75, 3.05) is 6.54 Å². The van der Waals surface area contributed by atoms with Gasteiger partial charge < -0.3 is 10.8 Å². The van der Waals surface area contributed by atoms with Crippen LogP contribution in [0.2, 0.25) is 0 Å². The van der Waals surface area contributed by atoms with Crippen LogP contribution in [0.1, 0.15) is 97.3 Å².